The van der Waals surface area contributed by atoms with Gasteiger partial charge in [0.2, 0.25) is 0 Å². The summed E-state index contributed by atoms with van der Waals surface area (Å²) in [6.07, 6.45) is 2.55. The number of aliphatic hydroxyl groups is 1. The first-order valence-electron chi connectivity index (χ1n) is 6.06. The van der Waals surface area contributed by atoms with Gasteiger partial charge in [-0.1, -0.05) is 6.07 Å². The Hall–Kier alpha value is -1.20. The van der Waals surface area contributed by atoms with Crippen molar-refractivity contribution in [3.05, 3.63) is 29.3 Å². The highest BCUT2D eigenvalue weighted by molar-refractivity contribution is 5.38. The fraction of sp³-hybridized carbons (Fsp3) is 0.538. The van der Waals surface area contributed by atoms with Crippen LogP contribution in [-0.4, -0.2) is 29.3 Å². The third kappa shape index (κ3) is 2.97. The summed E-state index contributed by atoms with van der Waals surface area (Å²) >= 11 is 0. The Morgan fingerprint density at radius 2 is 2.17 bits per heavy atom. The fourth-order valence-electron chi connectivity index (χ4n) is 2.34. The standard InChI is InChI=1S/C13H17F2NO2/c14-13(15,8-17)7-16-12-3-1-2-9-6-10(18)4-5-11(9)12/h4-6,12,16-18H,1-3,7-8H2. The summed E-state index contributed by atoms with van der Waals surface area (Å²) in [6, 6.07) is 4.90. The van der Waals surface area contributed by atoms with Crippen LogP contribution in [0, 0.1) is 0 Å². The van der Waals surface area contributed by atoms with Crippen LogP contribution in [0.25, 0.3) is 0 Å². The summed E-state index contributed by atoms with van der Waals surface area (Å²) in [7, 11) is 0. The lowest BCUT2D eigenvalue weighted by atomic mass is 9.87. The van der Waals surface area contributed by atoms with Crippen LogP contribution in [0.3, 0.4) is 0 Å². The SMILES string of the molecule is OCC(F)(F)CNC1CCCc2cc(O)ccc21. The molecule has 2 rings (SSSR count). The number of phenols is 1. The van der Waals surface area contributed by atoms with Gasteiger partial charge in [0, 0.05) is 6.04 Å². The Bertz CT molecular complexity index is 423. The van der Waals surface area contributed by atoms with Crippen molar-refractivity contribution in [3.63, 3.8) is 0 Å². The number of fused-ring (bicyclic) bond motifs is 1. The molecule has 0 amide bonds. The van der Waals surface area contributed by atoms with Gasteiger partial charge in [0.05, 0.1) is 6.54 Å². The topological polar surface area (TPSA) is 52.5 Å². The number of aliphatic hydroxyl groups excluding tert-OH is 1. The van der Waals surface area contributed by atoms with Gasteiger partial charge in [-0.2, -0.15) is 0 Å². The first-order chi connectivity index (χ1) is 8.52. The zero-order chi connectivity index (χ0) is 13.2. The van der Waals surface area contributed by atoms with Crippen LogP contribution in [0.4, 0.5) is 8.78 Å². The zero-order valence-electron chi connectivity index (χ0n) is 10.00. The highest BCUT2D eigenvalue weighted by atomic mass is 19.3. The van der Waals surface area contributed by atoms with Crippen LogP contribution in [0.15, 0.2) is 18.2 Å². The number of hydrogen-bond acceptors (Lipinski definition) is 3. The van der Waals surface area contributed by atoms with Gasteiger partial charge < -0.3 is 15.5 Å². The van der Waals surface area contributed by atoms with Crippen molar-refractivity contribution in [2.45, 2.75) is 31.2 Å². The molecule has 18 heavy (non-hydrogen) atoms. The van der Waals surface area contributed by atoms with Crippen LogP contribution in [0.1, 0.15) is 30.0 Å². The molecule has 1 aromatic carbocycles. The molecule has 0 saturated carbocycles. The first-order valence-corrected chi connectivity index (χ1v) is 6.06. The van der Waals surface area contributed by atoms with Gasteiger partial charge in [-0.15, -0.1) is 0 Å². The molecule has 1 aliphatic rings. The molecule has 0 radical (unpaired) electrons. The van der Waals surface area contributed by atoms with Crippen molar-refractivity contribution in [1.82, 2.24) is 5.32 Å². The highest BCUT2D eigenvalue weighted by Crippen LogP contribution is 2.32. The molecular weight excluding hydrogens is 240 g/mol. The van der Waals surface area contributed by atoms with Crippen LogP contribution < -0.4 is 5.32 Å². The van der Waals surface area contributed by atoms with E-state index >= 15 is 0 Å². The summed E-state index contributed by atoms with van der Waals surface area (Å²) in [5, 5.41) is 20.7. The minimum absolute atomic E-state index is 0.133. The van der Waals surface area contributed by atoms with Crippen LogP contribution in [0.2, 0.25) is 0 Å². The molecule has 0 saturated heterocycles. The summed E-state index contributed by atoms with van der Waals surface area (Å²) < 4.78 is 26.0. The van der Waals surface area contributed by atoms with Gasteiger partial charge in [-0.3, -0.25) is 0 Å². The molecule has 0 heterocycles. The second kappa shape index (κ2) is 5.20. The van der Waals surface area contributed by atoms with Crippen molar-refractivity contribution >= 4 is 0 Å². The van der Waals surface area contributed by atoms with Gasteiger partial charge in [-0.05, 0) is 42.5 Å². The van der Waals surface area contributed by atoms with Crippen molar-refractivity contribution in [2.75, 3.05) is 13.2 Å². The molecule has 0 aliphatic heterocycles. The van der Waals surface area contributed by atoms with E-state index in [1.807, 2.05) is 0 Å². The van der Waals surface area contributed by atoms with Crippen molar-refractivity contribution < 1.29 is 19.0 Å². The van der Waals surface area contributed by atoms with Crippen LogP contribution in [-0.2, 0) is 6.42 Å². The summed E-state index contributed by atoms with van der Waals surface area (Å²) in [5.41, 5.74) is 1.97. The maximum absolute atomic E-state index is 13.0. The quantitative estimate of drug-likeness (QED) is 0.773. The van der Waals surface area contributed by atoms with E-state index in [4.69, 9.17) is 5.11 Å². The third-order valence-corrected chi connectivity index (χ3v) is 3.28. The first kappa shape index (κ1) is 13.2. The zero-order valence-corrected chi connectivity index (χ0v) is 10.00. The van der Waals surface area contributed by atoms with Crippen molar-refractivity contribution in [1.29, 1.82) is 0 Å². The molecular formula is C13H17F2NO2. The Morgan fingerprint density at radius 1 is 1.39 bits per heavy atom. The number of aryl methyl sites for hydroxylation is 1. The number of nitrogens with one attached hydrogen (secondary N) is 1. The Morgan fingerprint density at radius 3 is 2.89 bits per heavy atom. The molecule has 1 aromatic rings. The summed E-state index contributed by atoms with van der Waals surface area (Å²) in [5.74, 6) is -2.88. The second-order valence-electron chi connectivity index (χ2n) is 4.72. The molecule has 0 fully saturated rings. The van der Waals surface area contributed by atoms with E-state index in [1.165, 1.54) is 0 Å². The molecule has 1 unspecified atom stereocenters. The van der Waals surface area contributed by atoms with Gasteiger partial charge in [0.1, 0.15) is 12.4 Å². The maximum Gasteiger partial charge on any atom is 0.282 e. The maximum atomic E-state index is 13.0. The predicted octanol–water partition coefficient (Wildman–Crippen LogP) is 1.99. The minimum Gasteiger partial charge on any atom is -0.508 e. The fourth-order valence-corrected chi connectivity index (χ4v) is 2.34. The number of benzene rings is 1. The van der Waals surface area contributed by atoms with E-state index in [0.717, 1.165) is 30.4 Å². The van der Waals surface area contributed by atoms with Gasteiger partial charge in [0.15, 0.2) is 0 Å². The van der Waals surface area contributed by atoms with E-state index < -0.39 is 19.1 Å². The molecule has 100 valence electrons. The number of alkyl halides is 2. The van der Waals surface area contributed by atoms with Crippen LogP contribution in [0.5, 0.6) is 5.75 Å². The van der Waals surface area contributed by atoms with Crippen molar-refractivity contribution in [3.8, 4) is 5.75 Å². The van der Waals surface area contributed by atoms with Gasteiger partial charge in [-0.25, -0.2) is 8.78 Å². The predicted molar refractivity (Wildman–Crippen MR) is 63.8 cm³/mol. The Balaban J connectivity index is 2.08. The van der Waals surface area contributed by atoms with Crippen LogP contribution >= 0.6 is 0 Å². The van der Waals surface area contributed by atoms with Crippen molar-refractivity contribution in [2.24, 2.45) is 0 Å². The largest absolute Gasteiger partial charge is 0.508 e. The number of hydrogen-bond donors (Lipinski definition) is 3. The number of phenolic OH excluding ortho intramolecular Hbond substituents is 1. The molecule has 0 bridgehead atoms. The molecule has 0 aromatic heterocycles. The average Bonchev–Trinajstić information content (AvgIpc) is 2.36. The lowest BCUT2D eigenvalue weighted by Gasteiger charge is -2.28. The molecule has 3 nitrogen and oxygen atoms in total. The van der Waals surface area contributed by atoms with E-state index in [2.05, 4.69) is 5.32 Å². The lowest BCUT2D eigenvalue weighted by molar-refractivity contribution is -0.0496. The summed E-state index contributed by atoms with van der Waals surface area (Å²) in [6.45, 7) is -1.68. The van der Waals surface area contributed by atoms with Gasteiger partial charge in [0.25, 0.3) is 5.92 Å². The van der Waals surface area contributed by atoms with E-state index in [9.17, 15) is 13.9 Å². The smallest absolute Gasteiger partial charge is 0.282 e. The van der Waals surface area contributed by atoms with Gasteiger partial charge >= 0.3 is 0 Å². The number of rotatable bonds is 4. The Labute approximate surface area is 104 Å². The normalized spacial score (nSPS) is 19.6. The molecule has 5 heteroatoms. The lowest BCUT2D eigenvalue weighted by Crippen LogP contribution is -2.38. The van der Waals surface area contributed by atoms with E-state index in [0.29, 0.717) is 0 Å². The second-order valence-corrected chi connectivity index (χ2v) is 4.72. The third-order valence-electron chi connectivity index (χ3n) is 3.28. The average molecular weight is 257 g/mol. The minimum atomic E-state index is -3.09. The highest BCUT2D eigenvalue weighted by Gasteiger charge is 2.30. The summed E-state index contributed by atoms with van der Waals surface area (Å²) in [4.78, 5) is 0. The number of halogens is 2. The Kier molecular flexibility index (Phi) is 3.82. The molecule has 3 N–H and O–H groups in total. The molecule has 1 atom stereocenters. The monoisotopic (exact) mass is 257 g/mol. The number of aromatic hydroxyl groups is 1. The molecule has 1 aliphatic carbocycles. The van der Waals surface area contributed by atoms with E-state index in [-0.39, 0.29) is 11.8 Å². The molecule has 0 spiro atoms. The van der Waals surface area contributed by atoms with E-state index in [1.54, 1.807) is 18.2 Å².